The van der Waals surface area contributed by atoms with Gasteiger partial charge in [0.15, 0.2) is 0 Å². The summed E-state index contributed by atoms with van der Waals surface area (Å²) in [6.45, 7) is 2.10. The fourth-order valence-corrected chi connectivity index (χ4v) is 3.76. The van der Waals surface area contributed by atoms with Crippen molar-refractivity contribution in [1.29, 1.82) is 0 Å². The number of carboxylic acids is 1. The molecule has 0 atom stereocenters. The SMILES string of the molecule is CCc1ccc(-c2ccc(CCC(=O)O)n2NC(=O)c2cccc3ccccc23)cc1. The minimum Gasteiger partial charge on any atom is -0.481 e. The number of rotatable bonds is 7. The molecule has 0 spiro atoms. The number of hydrogen-bond acceptors (Lipinski definition) is 2. The molecule has 4 aromatic rings. The third-order valence-corrected chi connectivity index (χ3v) is 5.46. The van der Waals surface area contributed by atoms with Gasteiger partial charge in [0.1, 0.15) is 0 Å². The average Bonchev–Trinajstić information content (AvgIpc) is 3.19. The topological polar surface area (TPSA) is 71.3 Å². The van der Waals surface area contributed by atoms with Crippen LogP contribution in [0.4, 0.5) is 0 Å². The highest BCUT2D eigenvalue weighted by Gasteiger charge is 2.16. The summed E-state index contributed by atoms with van der Waals surface area (Å²) < 4.78 is 1.72. The summed E-state index contributed by atoms with van der Waals surface area (Å²) in [6, 6.07) is 25.4. The van der Waals surface area contributed by atoms with Crippen LogP contribution in [-0.2, 0) is 17.6 Å². The first-order chi connectivity index (χ1) is 15.1. The molecule has 0 saturated heterocycles. The monoisotopic (exact) mass is 412 g/mol. The van der Waals surface area contributed by atoms with E-state index in [9.17, 15) is 9.59 Å². The minimum absolute atomic E-state index is 0.0115. The van der Waals surface area contributed by atoms with Crippen LogP contribution in [0.5, 0.6) is 0 Å². The van der Waals surface area contributed by atoms with Gasteiger partial charge >= 0.3 is 5.97 Å². The summed E-state index contributed by atoms with van der Waals surface area (Å²) in [4.78, 5) is 24.4. The molecule has 0 fully saturated rings. The van der Waals surface area contributed by atoms with E-state index < -0.39 is 5.97 Å². The van der Waals surface area contributed by atoms with Gasteiger partial charge < -0.3 is 5.11 Å². The van der Waals surface area contributed by atoms with Crippen molar-refractivity contribution >= 4 is 22.6 Å². The molecule has 0 bridgehead atoms. The van der Waals surface area contributed by atoms with E-state index in [1.54, 1.807) is 10.7 Å². The molecule has 0 unspecified atom stereocenters. The van der Waals surface area contributed by atoms with Crippen LogP contribution in [0.15, 0.2) is 78.9 Å². The molecule has 0 aliphatic carbocycles. The first-order valence-corrected chi connectivity index (χ1v) is 10.4. The van der Waals surface area contributed by atoms with Gasteiger partial charge in [0.05, 0.1) is 12.1 Å². The quantitative estimate of drug-likeness (QED) is 0.434. The lowest BCUT2D eigenvalue weighted by molar-refractivity contribution is -0.136. The molecule has 5 nitrogen and oxygen atoms in total. The summed E-state index contributed by atoms with van der Waals surface area (Å²) in [5, 5.41) is 11.0. The van der Waals surface area contributed by atoms with Gasteiger partial charge in [-0.2, -0.15) is 0 Å². The number of carbonyl (C=O) groups is 2. The van der Waals surface area contributed by atoms with Crippen LogP contribution >= 0.6 is 0 Å². The number of aromatic nitrogens is 1. The van der Waals surface area contributed by atoms with Crippen molar-refractivity contribution in [2.45, 2.75) is 26.2 Å². The Balaban J connectivity index is 1.73. The van der Waals surface area contributed by atoms with Gasteiger partial charge in [-0.15, -0.1) is 0 Å². The maximum atomic E-state index is 13.3. The fourth-order valence-electron chi connectivity index (χ4n) is 3.76. The van der Waals surface area contributed by atoms with Crippen molar-refractivity contribution in [3.63, 3.8) is 0 Å². The number of hydrogen-bond donors (Lipinski definition) is 2. The molecule has 0 aliphatic rings. The van der Waals surface area contributed by atoms with E-state index in [1.807, 2.05) is 60.7 Å². The van der Waals surface area contributed by atoms with Gasteiger partial charge in [-0.3, -0.25) is 19.7 Å². The Labute approximate surface area is 180 Å². The molecule has 0 aliphatic heterocycles. The van der Waals surface area contributed by atoms with Gasteiger partial charge in [-0.1, -0.05) is 67.6 Å². The Kier molecular flexibility index (Phi) is 5.85. The Bertz CT molecular complexity index is 1230. The standard InChI is InChI=1S/C26H24N2O3/c1-2-18-10-12-20(13-11-18)24-16-14-21(15-17-25(29)30)28(24)27-26(31)23-9-5-7-19-6-3-4-8-22(19)23/h3-14,16H,2,15,17H2,1H3,(H,27,31)(H,29,30). The number of aryl methyl sites for hydroxylation is 2. The van der Waals surface area contributed by atoms with Gasteiger partial charge in [0, 0.05) is 23.2 Å². The Morgan fingerprint density at radius 2 is 1.65 bits per heavy atom. The summed E-state index contributed by atoms with van der Waals surface area (Å²) in [5.74, 6) is -1.11. The number of fused-ring (bicyclic) bond motifs is 1. The second-order valence-corrected chi connectivity index (χ2v) is 7.46. The van der Waals surface area contributed by atoms with Gasteiger partial charge in [0.2, 0.25) is 0 Å². The van der Waals surface area contributed by atoms with E-state index in [4.69, 9.17) is 5.11 Å². The predicted octanol–water partition coefficient (Wildman–Crippen LogP) is 5.27. The van der Waals surface area contributed by atoms with Crippen LogP contribution in [0.3, 0.4) is 0 Å². The number of carboxylic acid groups (broad SMARTS) is 1. The molecule has 1 aromatic heterocycles. The third kappa shape index (κ3) is 4.36. The first-order valence-electron chi connectivity index (χ1n) is 10.4. The normalized spacial score (nSPS) is 10.9. The summed E-state index contributed by atoms with van der Waals surface area (Å²) in [5.41, 5.74) is 7.32. The number of nitrogens with zero attached hydrogens (tertiary/aromatic N) is 1. The lowest BCUT2D eigenvalue weighted by Crippen LogP contribution is -2.25. The van der Waals surface area contributed by atoms with Gasteiger partial charge in [-0.25, -0.2) is 0 Å². The van der Waals surface area contributed by atoms with Crippen LogP contribution in [0, 0.1) is 0 Å². The van der Waals surface area contributed by atoms with Crippen LogP contribution in [0.2, 0.25) is 0 Å². The van der Waals surface area contributed by atoms with E-state index in [2.05, 4.69) is 24.5 Å². The number of benzene rings is 3. The Morgan fingerprint density at radius 3 is 2.39 bits per heavy atom. The van der Waals surface area contributed by atoms with E-state index in [0.717, 1.165) is 34.1 Å². The minimum atomic E-state index is -0.873. The fraction of sp³-hybridized carbons (Fsp3) is 0.154. The number of carbonyl (C=O) groups excluding carboxylic acids is 1. The van der Waals surface area contributed by atoms with Gasteiger partial charge in [-0.05, 0) is 41.0 Å². The first kappa shape index (κ1) is 20.4. The zero-order valence-corrected chi connectivity index (χ0v) is 17.3. The molecule has 156 valence electrons. The van der Waals surface area contributed by atoms with Gasteiger partial charge in [0.25, 0.3) is 5.91 Å². The van der Waals surface area contributed by atoms with Crippen LogP contribution in [-0.4, -0.2) is 21.7 Å². The van der Waals surface area contributed by atoms with Crippen molar-refractivity contribution in [1.82, 2.24) is 4.68 Å². The second kappa shape index (κ2) is 8.88. The third-order valence-electron chi connectivity index (χ3n) is 5.46. The van der Waals surface area contributed by atoms with Crippen LogP contribution in [0.25, 0.3) is 22.0 Å². The smallest absolute Gasteiger partial charge is 0.303 e. The molecular formula is C26H24N2O3. The number of nitrogens with one attached hydrogen (secondary N) is 1. The molecule has 2 N–H and O–H groups in total. The van der Waals surface area contributed by atoms with Crippen molar-refractivity contribution < 1.29 is 14.7 Å². The molecule has 31 heavy (non-hydrogen) atoms. The Hall–Kier alpha value is -3.86. The maximum absolute atomic E-state index is 13.3. The molecule has 0 saturated carbocycles. The van der Waals surface area contributed by atoms with Crippen molar-refractivity contribution in [2.24, 2.45) is 0 Å². The largest absolute Gasteiger partial charge is 0.481 e. The molecule has 1 amide bonds. The molecule has 5 heteroatoms. The maximum Gasteiger partial charge on any atom is 0.303 e. The predicted molar refractivity (Wildman–Crippen MR) is 123 cm³/mol. The molecule has 4 rings (SSSR count). The lowest BCUT2D eigenvalue weighted by atomic mass is 10.0. The van der Waals surface area contributed by atoms with E-state index in [-0.39, 0.29) is 12.3 Å². The van der Waals surface area contributed by atoms with E-state index >= 15 is 0 Å². The second-order valence-electron chi connectivity index (χ2n) is 7.46. The molecule has 1 heterocycles. The molecular weight excluding hydrogens is 388 g/mol. The average molecular weight is 412 g/mol. The summed E-state index contributed by atoms with van der Waals surface area (Å²) in [7, 11) is 0. The highest BCUT2D eigenvalue weighted by molar-refractivity contribution is 6.10. The summed E-state index contributed by atoms with van der Waals surface area (Å²) in [6.07, 6.45) is 1.25. The van der Waals surface area contributed by atoms with Crippen LogP contribution < -0.4 is 5.43 Å². The summed E-state index contributed by atoms with van der Waals surface area (Å²) >= 11 is 0. The van der Waals surface area contributed by atoms with E-state index in [1.165, 1.54) is 5.56 Å². The highest BCUT2D eigenvalue weighted by atomic mass is 16.4. The van der Waals surface area contributed by atoms with Crippen molar-refractivity contribution in [3.05, 3.63) is 95.7 Å². The molecule has 0 radical (unpaired) electrons. The number of amides is 1. The van der Waals surface area contributed by atoms with Crippen LogP contribution in [0.1, 0.15) is 35.0 Å². The highest BCUT2D eigenvalue weighted by Crippen LogP contribution is 2.24. The zero-order chi connectivity index (χ0) is 21.8. The van der Waals surface area contributed by atoms with E-state index in [0.29, 0.717) is 12.0 Å². The lowest BCUT2D eigenvalue weighted by Gasteiger charge is -2.16. The Morgan fingerprint density at radius 1 is 0.903 bits per heavy atom. The number of aliphatic carboxylic acids is 1. The zero-order valence-electron chi connectivity index (χ0n) is 17.3. The van der Waals surface area contributed by atoms with Crippen molar-refractivity contribution in [3.8, 4) is 11.3 Å². The van der Waals surface area contributed by atoms with Crippen molar-refractivity contribution in [2.75, 3.05) is 5.43 Å². The molecule has 3 aromatic carbocycles.